The topological polar surface area (TPSA) is 42.4 Å². The molecule has 1 saturated heterocycles. The van der Waals surface area contributed by atoms with E-state index >= 15 is 0 Å². The first-order chi connectivity index (χ1) is 8.20. The van der Waals surface area contributed by atoms with Crippen LogP contribution in [0.25, 0.3) is 0 Å². The summed E-state index contributed by atoms with van der Waals surface area (Å²) in [7, 11) is 1.54. The van der Waals surface area contributed by atoms with Crippen LogP contribution in [-0.4, -0.2) is 36.0 Å². The number of amides is 1. The largest absolute Gasteiger partial charge is 0.481 e. The van der Waals surface area contributed by atoms with Gasteiger partial charge in [0.25, 0.3) is 0 Å². The van der Waals surface area contributed by atoms with Gasteiger partial charge in [-0.05, 0) is 18.4 Å². The molecule has 1 aliphatic heterocycles. The average Bonchev–Trinajstić information content (AvgIpc) is 2.85. The number of rotatable bonds is 3. The number of aromatic nitrogens is 1. The van der Waals surface area contributed by atoms with Crippen molar-refractivity contribution in [2.75, 3.05) is 20.2 Å². The maximum absolute atomic E-state index is 12.0. The fourth-order valence-corrected chi connectivity index (χ4v) is 2.12. The zero-order chi connectivity index (χ0) is 12.3. The van der Waals surface area contributed by atoms with Gasteiger partial charge in [0.2, 0.25) is 11.8 Å². The minimum absolute atomic E-state index is 0.123. The molecular formula is C12H15ClN2O2. The second kappa shape index (κ2) is 5.36. The monoisotopic (exact) mass is 254 g/mol. The van der Waals surface area contributed by atoms with Gasteiger partial charge in [0.15, 0.2) is 0 Å². The van der Waals surface area contributed by atoms with Crippen molar-refractivity contribution in [1.29, 1.82) is 0 Å². The highest BCUT2D eigenvalue weighted by Gasteiger charge is 2.19. The van der Waals surface area contributed by atoms with E-state index in [-0.39, 0.29) is 5.91 Å². The van der Waals surface area contributed by atoms with E-state index in [1.54, 1.807) is 13.2 Å². The smallest absolute Gasteiger partial charge is 0.227 e. The average molecular weight is 255 g/mol. The summed E-state index contributed by atoms with van der Waals surface area (Å²) in [5.74, 6) is 0.608. The summed E-state index contributed by atoms with van der Waals surface area (Å²) >= 11 is 6.02. The van der Waals surface area contributed by atoms with Gasteiger partial charge in [0.05, 0.1) is 18.6 Å². The van der Waals surface area contributed by atoms with Crippen LogP contribution in [0.2, 0.25) is 5.02 Å². The first-order valence-electron chi connectivity index (χ1n) is 5.67. The summed E-state index contributed by atoms with van der Waals surface area (Å²) in [6, 6.07) is 1.72. The minimum Gasteiger partial charge on any atom is -0.481 e. The zero-order valence-electron chi connectivity index (χ0n) is 9.78. The standard InChI is InChI=1S/C12H15ClN2O2/c1-17-11-6-9(10(13)8-14-11)7-12(16)15-4-2-3-5-15/h6,8H,2-5,7H2,1H3. The number of ether oxygens (including phenoxy) is 1. The van der Waals surface area contributed by atoms with Crippen molar-refractivity contribution in [1.82, 2.24) is 9.88 Å². The Morgan fingerprint density at radius 3 is 2.88 bits per heavy atom. The molecule has 2 heterocycles. The van der Waals surface area contributed by atoms with E-state index in [9.17, 15) is 4.79 Å². The Hall–Kier alpha value is -1.29. The normalized spacial score (nSPS) is 15.1. The lowest BCUT2D eigenvalue weighted by atomic mass is 10.2. The van der Waals surface area contributed by atoms with Crippen molar-refractivity contribution in [3.63, 3.8) is 0 Å². The van der Waals surface area contributed by atoms with Crippen molar-refractivity contribution >= 4 is 17.5 Å². The van der Waals surface area contributed by atoms with Gasteiger partial charge < -0.3 is 9.64 Å². The molecule has 2 rings (SSSR count). The molecule has 0 bridgehead atoms. The van der Waals surface area contributed by atoms with Crippen LogP contribution in [0.4, 0.5) is 0 Å². The maximum atomic E-state index is 12.0. The summed E-state index contributed by atoms with van der Waals surface area (Å²) in [4.78, 5) is 17.8. The van der Waals surface area contributed by atoms with E-state index in [0.29, 0.717) is 17.3 Å². The number of hydrogen-bond acceptors (Lipinski definition) is 3. The van der Waals surface area contributed by atoms with Crippen LogP contribution in [-0.2, 0) is 11.2 Å². The van der Waals surface area contributed by atoms with E-state index in [4.69, 9.17) is 16.3 Å². The molecule has 1 aromatic heterocycles. The van der Waals surface area contributed by atoms with Crippen molar-refractivity contribution < 1.29 is 9.53 Å². The molecule has 17 heavy (non-hydrogen) atoms. The number of pyridine rings is 1. The van der Waals surface area contributed by atoms with Crippen LogP contribution in [0, 0.1) is 0 Å². The summed E-state index contributed by atoms with van der Waals surface area (Å²) in [6.45, 7) is 1.72. The highest BCUT2D eigenvalue weighted by Crippen LogP contribution is 2.21. The first kappa shape index (κ1) is 12.2. The number of hydrogen-bond donors (Lipinski definition) is 0. The molecule has 1 aliphatic rings. The minimum atomic E-state index is 0.123. The third-order valence-electron chi connectivity index (χ3n) is 2.92. The van der Waals surface area contributed by atoms with Crippen LogP contribution in [0.1, 0.15) is 18.4 Å². The highest BCUT2D eigenvalue weighted by atomic mass is 35.5. The number of halogens is 1. The van der Waals surface area contributed by atoms with Gasteiger partial charge in [-0.2, -0.15) is 0 Å². The lowest BCUT2D eigenvalue weighted by Crippen LogP contribution is -2.29. The van der Waals surface area contributed by atoms with Gasteiger partial charge in [0, 0.05) is 25.4 Å². The number of carbonyl (C=O) groups excluding carboxylic acids is 1. The van der Waals surface area contributed by atoms with Crippen LogP contribution >= 0.6 is 11.6 Å². The molecule has 0 aromatic carbocycles. The van der Waals surface area contributed by atoms with Gasteiger partial charge in [-0.1, -0.05) is 11.6 Å². The zero-order valence-corrected chi connectivity index (χ0v) is 10.5. The van der Waals surface area contributed by atoms with Crippen LogP contribution < -0.4 is 4.74 Å². The third kappa shape index (κ3) is 2.88. The number of carbonyl (C=O) groups is 1. The van der Waals surface area contributed by atoms with Gasteiger partial charge in [0.1, 0.15) is 0 Å². The number of nitrogens with zero attached hydrogens (tertiary/aromatic N) is 2. The Morgan fingerprint density at radius 1 is 1.53 bits per heavy atom. The van der Waals surface area contributed by atoms with E-state index in [0.717, 1.165) is 31.5 Å². The van der Waals surface area contributed by atoms with E-state index in [1.807, 2.05) is 4.90 Å². The molecule has 5 heteroatoms. The molecule has 4 nitrogen and oxygen atoms in total. The molecule has 0 saturated carbocycles. The van der Waals surface area contributed by atoms with Crippen molar-refractivity contribution in [3.05, 3.63) is 22.8 Å². The summed E-state index contributed by atoms with van der Waals surface area (Å²) in [6.07, 6.45) is 4.03. The first-order valence-corrected chi connectivity index (χ1v) is 6.04. The summed E-state index contributed by atoms with van der Waals surface area (Å²) in [5, 5.41) is 0.512. The van der Waals surface area contributed by atoms with E-state index in [1.165, 1.54) is 6.20 Å². The molecular weight excluding hydrogens is 240 g/mol. The maximum Gasteiger partial charge on any atom is 0.227 e. The molecule has 0 N–H and O–H groups in total. The highest BCUT2D eigenvalue weighted by molar-refractivity contribution is 6.31. The van der Waals surface area contributed by atoms with Gasteiger partial charge in [-0.25, -0.2) is 4.98 Å². The SMILES string of the molecule is COc1cc(CC(=O)N2CCCC2)c(Cl)cn1. The second-order valence-corrected chi connectivity index (χ2v) is 4.49. The van der Waals surface area contributed by atoms with Crippen molar-refractivity contribution in [3.8, 4) is 5.88 Å². The van der Waals surface area contributed by atoms with Crippen molar-refractivity contribution in [2.45, 2.75) is 19.3 Å². The Kier molecular flexibility index (Phi) is 3.84. The molecule has 0 radical (unpaired) electrons. The fourth-order valence-electron chi connectivity index (χ4n) is 1.95. The van der Waals surface area contributed by atoms with E-state index < -0.39 is 0 Å². The number of likely N-dealkylation sites (tertiary alicyclic amines) is 1. The predicted molar refractivity (Wildman–Crippen MR) is 65.3 cm³/mol. The molecule has 0 spiro atoms. The Balaban J connectivity index is 2.09. The lowest BCUT2D eigenvalue weighted by Gasteiger charge is -2.15. The van der Waals surface area contributed by atoms with Crippen LogP contribution in [0.3, 0.4) is 0 Å². The number of methoxy groups -OCH3 is 1. The molecule has 1 amide bonds. The molecule has 0 unspecified atom stereocenters. The molecule has 0 aliphatic carbocycles. The third-order valence-corrected chi connectivity index (χ3v) is 3.26. The van der Waals surface area contributed by atoms with Gasteiger partial charge in [-0.3, -0.25) is 4.79 Å². The van der Waals surface area contributed by atoms with Crippen LogP contribution in [0.5, 0.6) is 5.88 Å². The fraction of sp³-hybridized carbons (Fsp3) is 0.500. The van der Waals surface area contributed by atoms with Crippen molar-refractivity contribution in [2.24, 2.45) is 0 Å². The molecule has 1 fully saturated rings. The van der Waals surface area contributed by atoms with Crippen LogP contribution in [0.15, 0.2) is 12.3 Å². The molecule has 92 valence electrons. The Morgan fingerprint density at radius 2 is 2.24 bits per heavy atom. The second-order valence-electron chi connectivity index (χ2n) is 4.08. The Labute approximate surface area is 106 Å². The van der Waals surface area contributed by atoms with E-state index in [2.05, 4.69) is 4.98 Å². The Bertz CT molecular complexity index is 417. The van der Waals surface area contributed by atoms with Gasteiger partial charge >= 0.3 is 0 Å². The predicted octanol–water partition coefficient (Wildman–Crippen LogP) is 1.91. The lowest BCUT2D eigenvalue weighted by molar-refractivity contribution is -0.129. The summed E-state index contributed by atoms with van der Waals surface area (Å²) in [5.41, 5.74) is 0.774. The molecule has 0 atom stereocenters. The summed E-state index contributed by atoms with van der Waals surface area (Å²) < 4.78 is 5.02. The molecule has 1 aromatic rings. The quantitative estimate of drug-likeness (QED) is 0.828. The van der Waals surface area contributed by atoms with Gasteiger partial charge in [-0.15, -0.1) is 0 Å².